The van der Waals surface area contributed by atoms with Gasteiger partial charge in [0.05, 0.1) is 22.8 Å². The van der Waals surface area contributed by atoms with Gasteiger partial charge in [0.25, 0.3) is 0 Å². The largest absolute Gasteiger partial charge is 0.348 e. The molecule has 7 nitrogen and oxygen atoms in total. The van der Waals surface area contributed by atoms with E-state index in [0.717, 1.165) is 6.26 Å². The van der Waals surface area contributed by atoms with E-state index >= 15 is 0 Å². The highest BCUT2D eigenvalue weighted by Crippen LogP contribution is 2.25. The molecule has 0 aromatic heterocycles. The molecule has 0 spiro atoms. The zero-order valence-corrected chi connectivity index (χ0v) is 17.1. The molecule has 1 aliphatic rings. The van der Waals surface area contributed by atoms with Crippen molar-refractivity contribution in [3.8, 4) is 0 Å². The molecule has 0 saturated carbocycles. The first-order chi connectivity index (χ1) is 11.6. The summed E-state index contributed by atoms with van der Waals surface area (Å²) in [6.07, 6.45) is 1.10. The monoisotopic (exact) mass is 432 g/mol. The van der Waals surface area contributed by atoms with Gasteiger partial charge in [-0.15, -0.1) is 0 Å². The molecule has 1 aromatic carbocycles. The molecule has 0 bridgehead atoms. The standard InChI is InChI=1S/C16H25BrN4O3S/c1-9(2)14-13(17)15(20-19-14)16(22)18-10(3)11-7-5-6-8-12(11)21-25(4,23)24/h5-10,13-15,19-21H,1-4H3,(H,18,22). The zero-order chi connectivity index (χ0) is 18.8. The average molecular weight is 433 g/mol. The summed E-state index contributed by atoms with van der Waals surface area (Å²) in [5, 5.41) is 2.95. The van der Waals surface area contributed by atoms with E-state index in [2.05, 4.69) is 50.7 Å². The summed E-state index contributed by atoms with van der Waals surface area (Å²) in [6, 6.07) is 6.41. The lowest BCUT2D eigenvalue weighted by atomic mass is 9.98. The van der Waals surface area contributed by atoms with Crippen molar-refractivity contribution in [2.75, 3.05) is 11.0 Å². The van der Waals surface area contributed by atoms with E-state index in [1.807, 2.05) is 13.0 Å². The number of para-hydroxylation sites is 1. The predicted molar refractivity (Wildman–Crippen MR) is 103 cm³/mol. The van der Waals surface area contributed by atoms with Gasteiger partial charge in [-0.3, -0.25) is 14.9 Å². The minimum Gasteiger partial charge on any atom is -0.348 e. The van der Waals surface area contributed by atoms with Gasteiger partial charge in [0.1, 0.15) is 6.04 Å². The maximum atomic E-state index is 12.6. The Hall–Kier alpha value is -1.16. The smallest absolute Gasteiger partial charge is 0.240 e. The number of hydrogen-bond donors (Lipinski definition) is 4. The van der Waals surface area contributed by atoms with Crippen LogP contribution in [-0.2, 0) is 14.8 Å². The molecule has 1 fully saturated rings. The third-order valence-corrected chi connectivity index (χ3v) is 5.84. The van der Waals surface area contributed by atoms with Gasteiger partial charge in [-0.25, -0.2) is 13.8 Å². The van der Waals surface area contributed by atoms with Crippen LogP contribution >= 0.6 is 15.9 Å². The maximum Gasteiger partial charge on any atom is 0.240 e. The Morgan fingerprint density at radius 3 is 2.40 bits per heavy atom. The number of amides is 1. The summed E-state index contributed by atoms with van der Waals surface area (Å²) < 4.78 is 25.5. The van der Waals surface area contributed by atoms with Crippen LogP contribution in [0, 0.1) is 5.92 Å². The molecule has 1 amide bonds. The first-order valence-electron chi connectivity index (χ1n) is 8.12. The molecule has 2 rings (SSSR count). The van der Waals surface area contributed by atoms with Crippen LogP contribution in [-0.4, -0.2) is 37.5 Å². The van der Waals surface area contributed by atoms with Crippen LogP contribution in [0.2, 0.25) is 0 Å². The van der Waals surface area contributed by atoms with Gasteiger partial charge in [0, 0.05) is 6.04 Å². The quantitative estimate of drug-likeness (QED) is 0.510. The summed E-state index contributed by atoms with van der Waals surface area (Å²) in [7, 11) is -3.40. The van der Waals surface area contributed by atoms with Crippen molar-refractivity contribution >= 4 is 37.5 Å². The molecule has 4 unspecified atom stereocenters. The van der Waals surface area contributed by atoms with Crippen LogP contribution in [0.25, 0.3) is 0 Å². The fourth-order valence-electron chi connectivity index (χ4n) is 2.85. The molecule has 25 heavy (non-hydrogen) atoms. The number of carbonyl (C=O) groups excluding carboxylic acids is 1. The highest BCUT2D eigenvalue weighted by Gasteiger charge is 2.40. The fourth-order valence-corrected chi connectivity index (χ4v) is 4.55. The van der Waals surface area contributed by atoms with Crippen molar-refractivity contribution in [3.05, 3.63) is 29.8 Å². The number of halogens is 1. The summed E-state index contributed by atoms with van der Waals surface area (Å²) in [4.78, 5) is 12.6. The SMILES string of the molecule is CC(NC(=O)C1NNC(C(C)C)C1Br)c1ccccc1NS(C)(=O)=O. The lowest BCUT2D eigenvalue weighted by molar-refractivity contribution is -0.123. The van der Waals surface area contributed by atoms with Crippen LogP contribution in [0.1, 0.15) is 32.4 Å². The number of benzene rings is 1. The van der Waals surface area contributed by atoms with Crippen molar-refractivity contribution in [1.29, 1.82) is 0 Å². The Balaban J connectivity index is 2.10. The molecule has 1 saturated heterocycles. The predicted octanol–water partition coefficient (Wildman–Crippen LogP) is 1.50. The van der Waals surface area contributed by atoms with Crippen molar-refractivity contribution in [3.63, 3.8) is 0 Å². The third kappa shape index (κ3) is 5.16. The van der Waals surface area contributed by atoms with Gasteiger partial charge in [0.15, 0.2) is 0 Å². The second-order valence-electron chi connectivity index (χ2n) is 6.67. The van der Waals surface area contributed by atoms with Crippen LogP contribution in [0.4, 0.5) is 5.69 Å². The van der Waals surface area contributed by atoms with Crippen molar-refractivity contribution in [2.45, 2.75) is 43.7 Å². The Kier molecular flexibility index (Phi) is 6.47. The van der Waals surface area contributed by atoms with Gasteiger partial charge < -0.3 is 5.32 Å². The van der Waals surface area contributed by atoms with E-state index in [0.29, 0.717) is 17.2 Å². The molecule has 140 valence electrons. The highest BCUT2D eigenvalue weighted by molar-refractivity contribution is 9.09. The number of rotatable bonds is 6. The van der Waals surface area contributed by atoms with Gasteiger partial charge in [0.2, 0.25) is 15.9 Å². The number of hydrazine groups is 1. The number of nitrogens with one attached hydrogen (secondary N) is 4. The number of hydrogen-bond acceptors (Lipinski definition) is 5. The molecular formula is C16H25BrN4O3S. The number of sulfonamides is 1. The average Bonchev–Trinajstić information content (AvgIpc) is 2.88. The molecule has 4 atom stereocenters. The molecule has 0 radical (unpaired) electrons. The number of alkyl halides is 1. The van der Waals surface area contributed by atoms with Crippen LogP contribution in [0.5, 0.6) is 0 Å². The molecular weight excluding hydrogens is 408 g/mol. The Labute approximate surface area is 157 Å². The highest BCUT2D eigenvalue weighted by atomic mass is 79.9. The van der Waals surface area contributed by atoms with E-state index in [1.54, 1.807) is 18.2 Å². The van der Waals surface area contributed by atoms with Gasteiger partial charge >= 0.3 is 0 Å². The summed E-state index contributed by atoms with van der Waals surface area (Å²) in [5.41, 5.74) is 7.34. The van der Waals surface area contributed by atoms with E-state index in [9.17, 15) is 13.2 Å². The first kappa shape index (κ1) is 20.2. The number of anilines is 1. The molecule has 9 heteroatoms. The zero-order valence-electron chi connectivity index (χ0n) is 14.7. The van der Waals surface area contributed by atoms with Gasteiger partial charge in [-0.1, -0.05) is 48.0 Å². The second-order valence-corrected chi connectivity index (χ2v) is 9.48. The van der Waals surface area contributed by atoms with Crippen LogP contribution < -0.4 is 20.9 Å². The second kappa shape index (κ2) is 8.03. The summed E-state index contributed by atoms with van der Waals surface area (Å²) in [6.45, 7) is 6.00. The van der Waals surface area contributed by atoms with Crippen LogP contribution in [0.15, 0.2) is 24.3 Å². The van der Waals surface area contributed by atoms with Gasteiger partial charge in [-0.2, -0.15) is 0 Å². The van der Waals surface area contributed by atoms with Crippen LogP contribution in [0.3, 0.4) is 0 Å². The lowest BCUT2D eigenvalue weighted by Crippen LogP contribution is -2.46. The van der Waals surface area contributed by atoms with Crippen molar-refractivity contribution < 1.29 is 13.2 Å². The molecule has 1 aliphatic heterocycles. The van der Waals surface area contributed by atoms with E-state index in [-0.39, 0.29) is 22.8 Å². The first-order valence-corrected chi connectivity index (χ1v) is 10.9. The topological polar surface area (TPSA) is 99.3 Å². The summed E-state index contributed by atoms with van der Waals surface area (Å²) in [5.74, 6) is 0.214. The summed E-state index contributed by atoms with van der Waals surface area (Å²) >= 11 is 3.60. The Morgan fingerprint density at radius 1 is 1.20 bits per heavy atom. The Bertz CT molecular complexity index is 726. The maximum absolute atomic E-state index is 12.6. The minimum absolute atomic E-state index is 0.0379. The van der Waals surface area contributed by atoms with E-state index in [1.165, 1.54) is 0 Å². The van der Waals surface area contributed by atoms with E-state index < -0.39 is 16.1 Å². The normalized spacial score (nSPS) is 25.0. The lowest BCUT2D eigenvalue weighted by Gasteiger charge is -2.22. The Morgan fingerprint density at radius 2 is 1.84 bits per heavy atom. The molecule has 0 aliphatic carbocycles. The molecule has 4 N–H and O–H groups in total. The molecule has 1 aromatic rings. The van der Waals surface area contributed by atoms with Crippen molar-refractivity contribution in [2.24, 2.45) is 5.92 Å². The minimum atomic E-state index is -3.40. The number of carbonyl (C=O) groups is 1. The third-order valence-electron chi connectivity index (χ3n) is 4.15. The van der Waals surface area contributed by atoms with E-state index in [4.69, 9.17) is 0 Å². The molecule has 1 heterocycles. The van der Waals surface area contributed by atoms with Gasteiger partial charge in [-0.05, 0) is 24.5 Å². The van der Waals surface area contributed by atoms with Crippen molar-refractivity contribution in [1.82, 2.24) is 16.2 Å². The fraction of sp³-hybridized carbons (Fsp3) is 0.562.